The lowest BCUT2D eigenvalue weighted by Gasteiger charge is -2.33. The maximum atomic E-state index is 2.60. The van der Waals surface area contributed by atoms with Gasteiger partial charge in [0.1, 0.15) is 0 Å². The highest BCUT2D eigenvalue weighted by atomic mass is 15.2. The normalized spacial score (nSPS) is 14.2. The van der Waals surface area contributed by atoms with E-state index in [1.54, 1.807) is 0 Å². The van der Waals surface area contributed by atoms with E-state index < -0.39 is 0 Å². The van der Waals surface area contributed by atoms with Crippen LogP contribution in [0.2, 0.25) is 0 Å². The van der Waals surface area contributed by atoms with E-state index in [2.05, 4.69) is 222 Å². The van der Waals surface area contributed by atoms with E-state index in [0.29, 0.717) is 0 Å². The van der Waals surface area contributed by atoms with Crippen LogP contribution in [0.25, 0.3) is 66.1 Å². The maximum Gasteiger partial charge on any atom is 0.0569 e. The van der Waals surface area contributed by atoms with Crippen molar-refractivity contribution < 1.29 is 0 Å². The lowest BCUT2D eigenvalue weighted by Crippen LogP contribution is -2.18. The highest BCUT2D eigenvalue weighted by molar-refractivity contribution is 6.01. The first-order valence-electron chi connectivity index (χ1n) is 20.6. The lowest BCUT2D eigenvalue weighted by molar-refractivity contribution is 0.660. The number of fused-ring (bicyclic) bond motifs is 8. The zero-order chi connectivity index (χ0) is 39.3. The molecule has 1 heteroatoms. The van der Waals surface area contributed by atoms with Crippen LogP contribution >= 0.6 is 0 Å². The van der Waals surface area contributed by atoms with Gasteiger partial charge in [-0.3, -0.25) is 0 Å². The Hall–Kier alpha value is -6.70. The van der Waals surface area contributed by atoms with Crippen LogP contribution in [0.5, 0.6) is 0 Å². The summed E-state index contributed by atoms with van der Waals surface area (Å²) in [7, 11) is 0. The summed E-state index contributed by atoms with van der Waals surface area (Å²) in [5.74, 6) is 0. The summed E-state index contributed by atoms with van der Waals surface area (Å²) in [4.78, 5) is 2.60. The quantitative estimate of drug-likeness (QED) is 0.170. The van der Waals surface area contributed by atoms with Crippen molar-refractivity contribution >= 4 is 38.6 Å². The molecule has 0 aliphatic heterocycles. The van der Waals surface area contributed by atoms with Gasteiger partial charge in [0.2, 0.25) is 0 Å². The van der Waals surface area contributed by atoms with Crippen molar-refractivity contribution in [2.24, 2.45) is 0 Å². The standard InChI is InChI=1S/C57H45N/c1-36-31-43(41-27-25-37-15-6-8-17-39(37)32-41)34-48(42-28-26-38-16-7-9-18-40(38)33-42)55(36)58(44-29-30-46-45-19-10-12-21-49(45)57(4,5)52(46)35-44)53-24-14-23-51-54(53)47-20-11-13-22-50(47)56(51,2)3/h6-35H,1-5H3. The summed E-state index contributed by atoms with van der Waals surface area (Å²) in [5, 5.41) is 4.98. The van der Waals surface area contributed by atoms with Gasteiger partial charge in [-0.25, -0.2) is 0 Å². The van der Waals surface area contributed by atoms with Crippen molar-refractivity contribution in [1.29, 1.82) is 0 Å². The molecule has 0 fully saturated rings. The van der Waals surface area contributed by atoms with Gasteiger partial charge in [0.15, 0.2) is 0 Å². The van der Waals surface area contributed by atoms with E-state index in [4.69, 9.17) is 0 Å². The van der Waals surface area contributed by atoms with Crippen LogP contribution in [-0.4, -0.2) is 0 Å². The Bertz CT molecular complexity index is 3140. The van der Waals surface area contributed by atoms with Crippen LogP contribution in [-0.2, 0) is 10.8 Å². The minimum Gasteiger partial charge on any atom is -0.309 e. The molecule has 2 aliphatic rings. The number of nitrogens with zero attached hydrogens (tertiary/aromatic N) is 1. The topological polar surface area (TPSA) is 3.24 Å². The Morgan fingerprint density at radius 3 is 1.64 bits per heavy atom. The van der Waals surface area contributed by atoms with Gasteiger partial charge in [0.05, 0.1) is 11.4 Å². The number of anilines is 3. The van der Waals surface area contributed by atoms with E-state index in [9.17, 15) is 0 Å². The largest absolute Gasteiger partial charge is 0.309 e. The Labute approximate surface area is 341 Å². The van der Waals surface area contributed by atoms with Gasteiger partial charge in [-0.2, -0.15) is 0 Å². The van der Waals surface area contributed by atoms with Crippen LogP contribution < -0.4 is 4.90 Å². The van der Waals surface area contributed by atoms with E-state index in [1.165, 1.54) is 111 Å². The zero-order valence-corrected chi connectivity index (χ0v) is 33.8. The average Bonchev–Trinajstić information content (AvgIpc) is 3.63. The molecular weight excluding hydrogens is 699 g/mol. The molecule has 0 saturated heterocycles. The highest BCUT2D eigenvalue weighted by Crippen LogP contribution is 2.57. The van der Waals surface area contributed by atoms with Crippen LogP contribution in [0.3, 0.4) is 0 Å². The fourth-order valence-electron chi connectivity index (χ4n) is 10.3. The SMILES string of the molecule is Cc1cc(-c2ccc3ccccc3c2)cc(-c2ccc3ccccc3c2)c1N(c1ccc2c(c1)C(C)(C)c1ccccc1-2)c1cccc2c1-c1ccccc1C2(C)C. The third-order valence-electron chi connectivity index (χ3n) is 13.3. The second-order valence-electron chi connectivity index (χ2n) is 17.4. The van der Waals surface area contributed by atoms with Crippen molar-refractivity contribution in [2.75, 3.05) is 4.90 Å². The Morgan fingerprint density at radius 1 is 0.362 bits per heavy atom. The van der Waals surface area contributed by atoms with Crippen molar-refractivity contribution in [3.8, 4) is 44.5 Å². The first-order chi connectivity index (χ1) is 28.2. The molecule has 0 heterocycles. The fourth-order valence-corrected chi connectivity index (χ4v) is 10.3. The van der Waals surface area contributed by atoms with Crippen LogP contribution in [0.4, 0.5) is 17.1 Å². The van der Waals surface area contributed by atoms with Gasteiger partial charge in [0, 0.05) is 27.6 Å². The predicted molar refractivity (Wildman–Crippen MR) is 247 cm³/mol. The summed E-state index contributed by atoms with van der Waals surface area (Å²) < 4.78 is 0. The molecule has 11 rings (SSSR count). The van der Waals surface area contributed by atoms with E-state index in [1.807, 2.05) is 0 Å². The third kappa shape index (κ3) is 5.09. The van der Waals surface area contributed by atoms with Crippen molar-refractivity contribution in [1.82, 2.24) is 0 Å². The third-order valence-corrected chi connectivity index (χ3v) is 13.3. The molecule has 0 amide bonds. The molecule has 0 atom stereocenters. The molecule has 0 bridgehead atoms. The van der Waals surface area contributed by atoms with Crippen molar-refractivity contribution in [2.45, 2.75) is 45.4 Å². The van der Waals surface area contributed by atoms with Gasteiger partial charge < -0.3 is 4.90 Å². The average molecular weight is 744 g/mol. The molecular formula is C57H45N. The van der Waals surface area contributed by atoms with Gasteiger partial charge in [-0.1, -0.05) is 167 Å². The first kappa shape index (κ1) is 34.5. The number of hydrogen-bond acceptors (Lipinski definition) is 1. The van der Waals surface area contributed by atoms with Crippen LogP contribution in [0.1, 0.15) is 55.5 Å². The predicted octanol–water partition coefficient (Wildman–Crippen LogP) is 15.7. The monoisotopic (exact) mass is 743 g/mol. The lowest BCUT2D eigenvalue weighted by atomic mass is 9.82. The fraction of sp³-hybridized carbons (Fsp3) is 0.123. The van der Waals surface area contributed by atoms with Gasteiger partial charge in [-0.05, 0) is 132 Å². The minimum atomic E-state index is -0.142. The number of rotatable bonds is 5. The summed E-state index contributed by atoms with van der Waals surface area (Å²) in [6.45, 7) is 11.8. The molecule has 58 heavy (non-hydrogen) atoms. The molecule has 9 aromatic carbocycles. The van der Waals surface area contributed by atoms with Gasteiger partial charge in [-0.15, -0.1) is 0 Å². The summed E-state index contributed by atoms with van der Waals surface area (Å²) >= 11 is 0. The Morgan fingerprint density at radius 2 is 0.914 bits per heavy atom. The number of benzene rings is 9. The smallest absolute Gasteiger partial charge is 0.0569 e. The van der Waals surface area contributed by atoms with E-state index in [-0.39, 0.29) is 10.8 Å². The van der Waals surface area contributed by atoms with Crippen molar-refractivity contribution in [3.05, 3.63) is 210 Å². The number of hydrogen-bond donors (Lipinski definition) is 0. The summed E-state index contributed by atoms with van der Waals surface area (Å²) in [6, 6.07) is 68.3. The molecule has 0 N–H and O–H groups in total. The van der Waals surface area contributed by atoms with Gasteiger partial charge in [0.25, 0.3) is 0 Å². The second-order valence-corrected chi connectivity index (χ2v) is 17.4. The maximum absolute atomic E-state index is 2.60. The van der Waals surface area contributed by atoms with Gasteiger partial charge >= 0.3 is 0 Å². The molecule has 2 aliphatic carbocycles. The molecule has 9 aromatic rings. The second kappa shape index (κ2) is 12.7. The first-order valence-corrected chi connectivity index (χ1v) is 20.6. The molecule has 0 aromatic heterocycles. The Kier molecular flexibility index (Phi) is 7.53. The highest BCUT2D eigenvalue weighted by Gasteiger charge is 2.39. The molecule has 0 spiro atoms. The number of aryl methyl sites for hydroxylation is 1. The molecule has 0 radical (unpaired) electrons. The molecule has 1 nitrogen and oxygen atoms in total. The summed E-state index contributed by atoms with van der Waals surface area (Å²) in [5.41, 5.74) is 20.1. The minimum absolute atomic E-state index is 0.134. The molecule has 278 valence electrons. The zero-order valence-electron chi connectivity index (χ0n) is 33.8. The van der Waals surface area contributed by atoms with E-state index in [0.717, 1.165) is 0 Å². The van der Waals surface area contributed by atoms with E-state index >= 15 is 0 Å². The van der Waals surface area contributed by atoms with Crippen LogP contribution in [0, 0.1) is 6.92 Å². The molecule has 0 unspecified atom stereocenters. The Balaban J connectivity index is 1.23. The van der Waals surface area contributed by atoms with Crippen LogP contribution in [0.15, 0.2) is 182 Å². The summed E-state index contributed by atoms with van der Waals surface area (Å²) in [6.07, 6.45) is 0. The molecule has 0 saturated carbocycles. The van der Waals surface area contributed by atoms with Crippen molar-refractivity contribution in [3.63, 3.8) is 0 Å².